The smallest absolute Gasteiger partial charge is 0.341 e. The third-order valence-electron chi connectivity index (χ3n) is 9.04. The van der Waals surface area contributed by atoms with Crippen molar-refractivity contribution in [1.82, 2.24) is 0 Å². The van der Waals surface area contributed by atoms with Crippen LogP contribution in [0.25, 0.3) is 0 Å². The second-order valence-corrected chi connectivity index (χ2v) is 12.9. The summed E-state index contributed by atoms with van der Waals surface area (Å²) in [6.07, 6.45) is 4.18. The molecule has 0 aliphatic carbocycles. The molecule has 224 valence electrons. The normalized spacial score (nSPS) is 19.7. The zero-order valence-electron chi connectivity index (χ0n) is 23.4. The lowest BCUT2D eigenvalue weighted by atomic mass is 9.75. The minimum atomic E-state index is -1.46. The zero-order valence-corrected chi connectivity index (χ0v) is 26.4. The Bertz CT molecular complexity index is 1730. The summed E-state index contributed by atoms with van der Waals surface area (Å²) in [7, 11) is 0. The Hall–Kier alpha value is -2.84. The molecule has 1 spiro atoms. The summed E-state index contributed by atoms with van der Waals surface area (Å²) in [5.41, 5.74) is 4.54. The number of aryl methyl sites for hydroxylation is 2. The number of ether oxygens (including phenoxy) is 2. The van der Waals surface area contributed by atoms with Crippen molar-refractivity contribution in [2.75, 3.05) is 36.0 Å². The molecule has 0 fully saturated rings. The first-order valence-electron chi connectivity index (χ1n) is 14.5. The molecule has 0 amide bonds. The first-order chi connectivity index (χ1) is 20.6. The van der Waals surface area contributed by atoms with Crippen molar-refractivity contribution in [3.05, 3.63) is 77.7 Å². The van der Waals surface area contributed by atoms with Crippen LogP contribution in [0.5, 0.6) is 11.5 Å². The van der Waals surface area contributed by atoms with Crippen LogP contribution in [0.1, 0.15) is 70.8 Å². The standard InChI is InChI=1S/C32H28Cl4N2O5/c1-2-37-9-3-6-16-12-18-22(14-20(16)37)42-23-15-21-17(7-4-10-38(21)11-5-8-24(39)40)13-19(23)32(18)26-25(31(41)43-32)27(33)29(35)30(36)28(26)34/h12-15H,2-11H2,1H3,(H,39,40). The van der Waals surface area contributed by atoms with Crippen molar-refractivity contribution in [3.63, 3.8) is 0 Å². The lowest BCUT2D eigenvalue weighted by Gasteiger charge is -2.41. The highest BCUT2D eigenvalue weighted by atomic mass is 35.5. The van der Waals surface area contributed by atoms with Crippen molar-refractivity contribution in [2.24, 2.45) is 0 Å². The molecular formula is C32H28Cl4N2O5. The maximum Gasteiger partial charge on any atom is 0.341 e. The summed E-state index contributed by atoms with van der Waals surface area (Å²) in [5, 5.41) is 9.35. The average molecular weight is 662 g/mol. The van der Waals surface area contributed by atoms with Crippen molar-refractivity contribution in [1.29, 1.82) is 0 Å². The van der Waals surface area contributed by atoms with E-state index < -0.39 is 17.5 Å². The van der Waals surface area contributed by atoms with Crippen molar-refractivity contribution < 1.29 is 24.2 Å². The van der Waals surface area contributed by atoms with Crippen LogP contribution in [0.3, 0.4) is 0 Å². The molecule has 4 heterocycles. The van der Waals surface area contributed by atoms with Crippen LogP contribution in [-0.2, 0) is 28.0 Å². The van der Waals surface area contributed by atoms with E-state index in [9.17, 15) is 14.7 Å². The summed E-state index contributed by atoms with van der Waals surface area (Å²) in [6.45, 7) is 5.32. The van der Waals surface area contributed by atoms with E-state index in [1.165, 1.54) is 0 Å². The van der Waals surface area contributed by atoms with Crippen molar-refractivity contribution in [3.8, 4) is 11.5 Å². The van der Waals surface area contributed by atoms with Gasteiger partial charge in [0.2, 0.25) is 0 Å². The Morgan fingerprint density at radius 2 is 1.47 bits per heavy atom. The molecule has 7 nitrogen and oxygen atoms in total. The number of nitrogens with zero attached hydrogens (tertiary/aromatic N) is 2. The highest BCUT2D eigenvalue weighted by Crippen LogP contribution is 2.62. The van der Waals surface area contributed by atoms with Gasteiger partial charge in [-0.05, 0) is 62.3 Å². The topological polar surface area (TPSA) is 79.3 Å². The van der Waals surface area contributed by atoms with Crippen LogP contribution in [-0.4, -0.2) is 43.2 Å². The van der Waals surface area contributed by atoms with E-state index in [-0.39, 0.29) is 32.1 Å². The fourth-order valence-electron chi connectivity index (χ4n) is 7.12. The number of aliphatic carboxylic acids is 1. The number of anilines is 2. The molecule has 1 atom stereocenters. The summed E-state index contributed by atoms with van der Waals surface area (Å²) < 4.78 is 13.1. The number of benzene rings is 3. The highest BCUT2D eigenvalue weighted by Gasteiger charge is 2.57. The number of fused-ring (bicyclic) bond motifs is 8. The van der Waals surface area contributed by atoms with Gasteiger partial charge in [0, 0.05) is 72.8 Å². The van der Waals surface area contributed by atoms with Gasteiger partial charge in [-0.1, -0.05) is 46.4 Å². The number of rotatable bonds is 5. The number of carbonyl (C=O) groups excluding carboxylic acids is 1. The predicted octanol–water partition coefficient (Wildman–Crippen LogP) is 8.26. The Morgan fingerprint density at radius 3 is 2.07 bits per heavy atom. The van der Waals surface area contributed by atoms with Crippen LogP contribution in [0.15, 0.2) is 24.3 Å². The quantitative estimate of drug-likeness (QED) is 0.168. The van der Waals surface area contributed by atoms with Gasteiger partial charge in [-0.2, -0.15) is 0 Å². The zero-order chi connectivity index (χ0) is 30.2. The van der Waals surface area contributed by atoms with Gasteiger partial charge < -0.3 is 24.4 Å². The highest BCUT2D eigenvalue weighted by molar-refractivity contribution is 6.53. The Morgan fingerprint density at radius 1 is 0.884 bits per heavy atom. The van der Waals surface area contributed by atoms with Gasteiger partial charge in [0.1, 0.15) is 11.5 Å². The van der Waals surface area contributed by atoms with Gasteiger partial charge in [0.25, 0.3) is 0 Å². The molecule has 43 heavy (non-hydrogen) atoms. The molecule has 0 saturated heterocycles. The number of esters is 1. The Labute approximate surface area is 269 Å². The second kappa shape index (κ2) is 10.7. The molecule has 0 radical (unpaired) electrons. The molecule has 11 heteroatoms. The van der Waals surface area contributed by atoms with Gasteiger partial charge in [-0.15, -0.1) is 0 Å². The molecule has 7 rings (SSSR count). The summed E-state index contributed by atoms with van der Waals surface area (Å²) >= 11 is 26.7. The van der Waals surface area contributed by atoms with E-state index in [1.807, 2.05) is 18.2 Å². The van der Waals surface area contributed by atoms with E-state index >= 15 is 0 Å². The van der Waals surface area contributed by atoms with Gasteiger partial charge in [-0.25, -0.2) is 4.79 Å². The van der Waals surface area contributed by atoms with Crippen LogP contribution in [0, 0.1) is 0 Å². The molecule has 4 aliphatic heterocycles. The molecule has 0 saturated carbocycles. The molecule has 0 bridgehead atoms. The number of carboxylic acid groups (broad SMARTS) is 1. The van der Waals surface area contributed by atoms with Crippen molar-refractivity contribution >= 4 is 69.7 Å². The van der Waals surface area contributed by atoms with Crippen LogP contribution in [0.4, 0.5) is 11.4 Å². The summed E-state index contributed by atoms with van der Waals surface area (Å²) in [6, 6.07) is 8.11. The van der Waals surface area contributed by atoms with Crippen LogP contribution < -0.4 is 14.5 Å². The minimum Gasteiger partial charge on any atom is -0.481 e. The van der Waals surface area contributed by atoms with E-state index in [1.54, 1.807) is 0 Å². The maximum absolute atomic E-state index is 13.7. The number of hydrogen-bond donors (Lipinski definition) is 1. The maximum atomic E-state index is 13.7. The number of carboxylic acids is 1. The lowest BCUT2D eigenvalue weighted by molar-refractivity contribution is -0.137. The first-order valence-corrected chi connectivity index (χ1v) is 16.0. The molecule has 1 N–H and O–H groups in total. The molecule has 3 aromatic carbocycles. The second-order valence-electron chi connectivity index (χ2n) is 11.4. The third kappa shape index (κ3) is 4.30. The van der Waals surface area contributed by atoms with Crippen LogP contribution >= 0.6 is 46.4 Å². The first kappa shape index (κ1) is 28.9. The van der Waals surface area contributed by atoms with E-state index in [2.05, 4.69) is 22.8 Å². The minimum absolute atomic E-state index is 0.0000573. The molecule has 3 aromatic rings. The predicted molar refractivity (Wildman–Crippen MR) is 168 cm³/mol. The van der Waals surface area contributed by atoms with Gasteiger partial charge in [0.15, 0.2) is 5.60 Å². The average Bonchev–Trinajstić information content (AvgIpc) is 3.30. The van der Waals surface area contributed by atoms with E-state index in [4.69, 9.17) is 55.9 Å². The monoisotopic (exact) mass is 660 g/mol. The SMILES string of the molecule is CCN1CCCc2cc3c(cc21)Oc1cc2c(cc1C31OC(=O)c3c(Cl)c(Cl)c(Cl)c(Cl)c31)CCCN2CCCC(=O)O. The largest absolute Gasteiger partial charge is 0.481 e. The van der Waals surface area contributed by atoms with Gasteiger partial charge in [0.05, 0.1) is 25.7 Å². The van der Waals surface area contributed by atoms with E-state index in [0.717, 1.165) is 67.8 Å². The fourth-order valence-corrected chi connectivity index (χ4v) is 8.18. The molecule has 4 aliphatic rings. The molecule has 1 unspecified atom stereocenters. The molecular weight excluding hydrogens is 634 g/mol. The fraction of sp³-hybridized carbons (Fsp3) is 0.375. The molecule has 0 aromatic heterocycles. The van der Waals surface area contributed by atoms with Gasteiger partial charge in [-0.3, -0.25) is 4.79 Å². The number of halogens is 4. The lowest BCUT2D eigenvalue weighted by Crippen LogP contribution is -2.36. The van der Waals surface area contributed by atoms with Crippen molar-refractivity contribution in [2.45, 2.75) is 51.0 Å². The summed E-state index contributed by atoms with van der Waals surface area (Å²) in [5.74, 6) is -0.377. The number of hydrogen-bond acceptors (Lipinski definition) is 6. The van der Waals surface area contributed by atoms with Gasteiger partial charge >= 0.3 is 11.9 Å². The van der Waals surface area contributed by atoms with E-state index in [0.29, 0.717) is 41.2 Å². The van der Waals surface area contributed by atoms with Crippen LogP contribution in [0.2, 0.25) is 20.1 Å². The summed E-state index contributed by atoms with van der Waals surface area (Å²) in [4.78, 5) is 29.4. The Kier molecular flexibility index (Phi) is 7.16. The third-order valence-corrected chi connectivity index (χ3v) is 10.8. The Balaban J connectivity index is 1.49. The number of carbonyl (C=O) groups is 2.